The molecule has 23 heavy (non-hydrogen) atoms. The summed E-state index contributed by atoms with van der Waals surface area (Å²) in [6, 6.07) is 5.89. The van der Waals surface area contributed by atoms with Crippen molar-refractivity contribution in [1.29, 1.82) is 0 Å². The number of aromatic nitrogens is 1. The van der Waals surface area contributed by atoms with Gasteiger partial charge >= 0.3 is 0 Å². The number of pyridine rings is 1. The number of carbonyl (C=O) groups excluding carboxylic acids is 2. The van der Waals surface area contributed by atoms with Crippen LogP contribution in [0.1, 0.15) is 18.0 Å². The van der Waals surface area contributed by atoms with Crippen LogP contribution in [0, 0.1) is 5.92 Å². The summed E-state index contributed by atoms with van der Waals surface area (Å²) in [6.07, 6.45) is 2.15. The molecule has 1 aromatic rings. The Hall–Kier alpha value is -1.95. The lowest BCUT2D eigenvalue weighted by Crippen LogP contribution is -2.51. The Balaban J connectivity index is 1.49. The summed E-state index contributed by atoms with van der Waals surface area (Å²) in [4.78, 5) is 34.7. The fourth-order valence-corrected chi connectivity index (χ4v) is 3.20. The van der Waals surface area contributed by atoms with E-state index < -0.39 is 0 Å². The number of nitrogens with zero attached hydrogens (tertiary/aromatic N) is 4. The van der Waals surface area contributed by atoms with E-state index in [9.17, 15) is 9.59 Å². The minimum Gasteiger partial charge on any atom is -0.341 e. The van der Waals surface area contributed by atoms with Crippen LogP contribution in [0.5, 0.6) is 0 Å². The van der Waals surface area contributed by atoms with Crippen LogP contribution < -0.4 is 0 Å². The van der Waals surface area contributed by atoms with E-state index in [4.69, 9.17) is 0 Å². The summed E-state index contributed by atoms with van der Waals surface area (Å²) in [6.45, 7) is 3.54. The molecule has 0 saturated carbocycles. The highest BCUT2D eigenvalue weighted by atomic mass is 16.2. The van der Waals surface area contributed by atoms with Gasteiger partial charge in [-0.15, -0.1) is 0 Å². The van der Waals surface area contributed by atoms with E-state index >= 15 is 0 Å². The molecule has 0 unspecified atom stereocenters. The van der Waals surface area contributed by atoms with Crippen molar-refractivity contribution in [3.05, 3.63) is 30.1 Å². The van der Waals surface area contributed by atoms with Gasteiger partial charge in [0.2, 0.25) is 11.8 Å². The maximum Gasteiger partial charge on any atom is 0.228 e. The zero-order valence-electron chi connectivity index (χ0n) is 13.8. The van der Waals surface area contributed by atoms with Crippen LogP contribution >= 0.6 is 0 Å². The minimum absolute atomic E-state index is 0.104. The first-order valence-electron chi connectivity index (χ1n) is 8.17. The van der Waals surface area contributed by atoms with E-state index in [1.54, 1.807) is 6.20 Å². The van der Waals surface area contributed by atoms with Crippen LogP contribution in [0.4, 0.5) is 0 Å². The molecule has 0 spiro atoms. The number of carbonyl (C=O) groups is 2. The van der Waals surface area contributed by atoms with Crippen LogP contribution in [-0.2, 0) is 9.59 Å². The standard InChI is InChI=1S/C17H24N4O2/c1-19(2)7-8-20-10-13(9-16(20)22)17(23)21-11-14(12-21)15-5-3-4-6-18-15/h3-6,13-14H,7-12H2,1-2H3/t13-/m1/s1. The fraction of sp³-hybridized carbons (Fsp3) is 0.588. The summed E-state index contributed by atoms with van der Waals surface area (Å²) in [5, 5.41) is 0. The number of hydrogen-bond donors (Lipinski definition) is 0. The van der Waals surface area contributed by atoms with Crippen molar-refractivity contribution in [2.45, 2.75) is 12.3 Å². The van der Waals surface area contributed by atoms with Gasteiger partial charge in [0.1, 0.15) is 0 Å². The van der Waals surface area contributed by atoms with E-state index in [1.807, 2.05) is 42.1 Å². The first-order valence-corrected chi connectivity index (χ1v) is 8.17. The van der Waals surface area contributed by atoms with Crippen molar-refractivity contribution in [1.82, 2.24) is 19.7 Å². The maximum absolute atomic E-state index is 12.5. The van der Waals surface area contributed by atoms with Gasteiger partial charge in [0.15, 0.2) is 0 Å². The number of rotatable bonds is 5. The lowest BCUT2D eigenvalue weighted by Gasteiger charge is -2.40. The van der Waals surface area contributed by atoms with Crippen LogP contribution in [0.25, 0.3) is 0 Å². The molecular weight excluding hydrogens is 292 g/mol. The summed E-state index contributed by atoms with van der Waals surface area (Å²) in [5.74, 6) is 0.390. The van der Waals surface area contributed by atoms with Gasteiger partial charge in [-0.2, -0.15) is 0 Å². The van der Waals surface area contributed by atoms with Gasteiger partial charge in [-0.25, -0.2) is 0 Å². The third kappa shape index (κ3) is 3.52. The van der Waals surface area contributed by atoms with E-state index in [2.05, 4.69) is 9.88 Å². The van der Waals surface area contributed by atoms with Crippen LogP contribution in [0.3, 0.4) is 0 Å². The molecule has 0 bridgehead atoms. The van der Waals surface area contributed by atoms with Gasteiger partial charge < -0.3 is 14.7 Å². The van der Waals surface area contributed by atoms with Crippen LogP contribution in [-0.4, -0.2) is 78.3 Å². The first-order chi connectivity index (χ1) is 11.0. The average molecular weight is 316 g/mol. The third-order valence-corrected chi connectivity index (χ3v) is 4.68. The van der Waals surface area contributed by atoms with Crippen molar-refractivity contribution in [3.63, 3.8) is 0 Å². The highest BCUT2D eigenvalue weighted by Gasteiger charge is 2.40. The molecule has 3 rings (SSSR count). The van der Waals surface area contributed by atoms with Crippen molar-refractivity contribution in [3.8, 4) is 0 Å². The average Bonchev–Trinajstić information content (AvgIpc) is 2.86. The molecule has 0 aliphatic carbocycles. The van der Waals surface area contributed by atoms with E-state index in [0.717, 1.165) is 25.3 Å². The highest BCUT2D eigenvalue weighted by molar-refractivity contribution is 5.89. The number of likely N-dealkylation sites (tertiary alicyclic amines) is 2. The second kappa shape index (κ2) is 6.66. The van der Waals surface area contributed by atoms with Gasteiger partial charge in [0.05, 0.1) is 5.92 Å². The molecule has 2 aliphatic rings. The third-order valence-electron chi connectivity index (χ3n) is 4.68. The Bertz CT molecular complexity index is 569. The molecular formula is C17H24N4O2. The lowest BCUT2D eigenvalue weighted by atomic mass is 9.93. The Kier molecular flexibility index (Phi) is 4.61. The molecule has 0 N–H and O–H groups in total. The van der Waals surface area contributed by atoms with Gasteiger partial charge in [0, 0.05) is 57.0 Å². The number of likely N-dealkylation sites (N-methyl/N-ethyl adjacent to an activating group) is 1. The molecule has 3 heterocycles. The Morgan fingerprint density at radius 2 is 2.09 bits per heavy atom. The molecule has 6 nitrogen and oxygen atoms in total. The predicted octanol–water partition coefficient (Wildman–Crippen LogP) is 0.418. The highest BCUT2D eigenvalue weighted by Crippen LogP contribution is 2.29. The molecule has 6 heteroatoms. The predicted molar refractivity (Wildman–Crippen MR) is 86.8 cm³/mol. The van der Waals surface area contributed by atoms with Crippen LogP contribution in [0.15, 0.2) is 24.4 Å². The normalized spacial score (nSPS) is 21.9. The zero-order valence-corrected chi connectivity index (χ0v) is 13.8. The van der Waals surface area contributed by atoms with Crippen LogP contribution in [0.2, 0.25) is 0 Å². The maximum atomic E-state index is 12.5. The summed E-state index contributed by atoms with van der Waals surface area (Å²) < 4.78 is 0. The quantitative estimate of drug-likeness (QED) is 0.790. The van der Waals surface area contributed by atoms with Gasteiger partial charge in [-0.05, 0) is 26.2 Å². The zero-order chi connectivity index (χ0) is 16.4. The molecule has 1 aromatic heterocycles. The van der Waals surface area contributed by atoms with Crippen molar-refractivity contribution in [2.24, 2.45) is 5.92 Å². The SMILES string of the molecule is CN(C)CCN1C[C@H](C(=O)N2CC(c3ccccn3)C2)CC1=O. The molecule has 1 atom stereocenters. The largest absolute Gasteiger partial charge is 0.341 e. The Labute approximate surface area is 137 Å². The number of hydrogen-bond acceptors (Lipinski definition) is 4. The Morgan fingerprint density at radius 3 is 2.74 bits per heavy atom. The van der Waals surface area contributed by atoms with Gasteiger partial charge in [-0.1, -0.05) is 6.07 Å². The molecule has 0 aromatic carbocycles. The summed E-state index contributed by atoms with van der Waals surface area (Å²) in [7, 11) is 3.97. The van der Waals surface area contributed by atoms with Gasteiger partial charge in [-0.3, -0.25) is 14.6 Å². The van der Waals surface area contributed by atoms with Crippen molar-refractivity contribution < 1.29 is 9.59 Å². The molecule has 2 saturated heterocycles. The fourth-order valence-electron chi connectivity index (χ4n) is 3.20. The second-order valence-electron chi connectivity index (χ2n) is 6.74. The minimum atomic E-state index is -0.172. The topological polar surface area (TPSA) is 56.8 Å². The summed E-state index contributed by atoms with van der Waals surface area (Å²) >= 11 is 0. The molecule has 0 radical (unpaired) electrons. The summed E-state index contributed by atoms with van der Waals surface area (Å²) in [5.41, 5.74) is 1.05. The number of amides is 2. The van der Waals surface area contributed by atoms with Crippen molar-refractivity contribution >= 4 is 11.8 Å². The lowest BCUT2D eigenvalue weighted by molar-refractivity contribution is -0.140. The van der Waals surface area contributed by atoms with E-state index in [0.29, 0.717) is 25.4 Å². The molecule has 124 valence electrons. The Morgan fingerprint density at radius 1 is 1.30 bits per heavy atom. The smallest absolute Gasteiger partial charge is 0.228 e. The van der Waals surface area contributed by atoms with Crippen molar-refractivity contribution in [2.75, 3.05) is 46.8 Å². The van der Waals surface area contributed by atoms with E-state index in [1.165, 1.54) is 0 Å². The van der Waals surface area contributed by atoms with E-state index in [-0.39, 0.29) is 17.7 Å². The molecule has 2 aliphatic heterocycles. The molecule has 2 fully saturated rings. The second-order valence-corrected chi connectivity index (χ2v) is 6.74. The molecule has 2 amide bonds. The van der Waals surface area contributed by atoms with Gasteiger partial charge in [0.25, 0.3) is 0 Å². The first kappa shape index (κ1) is 15.9. The monoisotopic (exact) mass is 316 g/mol.